The molecule has 4 aliphatic rings. The van der Waals surface area contributed by atoms with Crippen molar-refractivity contribution in [2.24, 2.45) is 16.8 Å². The Morgan fingerprint density at radius 2 is 2.28 bits per heavy atom. The molecule has 3 unspecified atom stereocenters. The third kappa shape index (κ3) is 2.13. The quantitative estimate of drug-likeness (QED) is 0.899. The van der Waals surface area contributed by atoms with Gasteiger partial charge in [-0.25, -0.2) is 0 Å². The molecule has 3 atom stereocenters. The number of rotatable bonds is 2. The van der Waals surface area contributed by atoms with E-state index < -0.39 is 0 Å². The van der Waals surface area contributed by atoms with Crippen LogP contribution < -0.4 is 5.32 Å². The minimum Gasteiger partial charge on any atom is -0.459 e. The molecule has 2 amide bonds. The third-order valence-corrected chi connectivity index (χ3v) is 5.35. The largest absolute Gasteiger partial charge is 0.459 e. The monoisotopic (exact) mass is 335 g/mol. The molecular weight excluding hydrogens is 318 g/mol. The lowest BCUT2D eigenvalue weighted by Gasteiger charge is -2.32. The first-order valence-corrected chi connectivity index (χ1v) is 8.54. The van der Waals surface area contributed by atoms with Gasteiger partial charge in [0.25, 0.3) is 5.91 Å². The number of nitrogens with one attached hydrogen (secondary N) is 1. The number of allylic oxidation sites excluding steroid dienone is 5. The van der Waals surface area contributed by atoms with Gasteiger partial charge >= 0.3 is 0 Å². The van der Waals surface area contributed by atoms with Gasteiger partial charge in [0.2, 0.25) is 5.91 Å². The number of furan rings is 1. The summed E-state index contributed by atoms with van der Waals surface area (Å²) in [6, 6.07) is 2.94. The highest BCUT2D eigenvalue weighted by Crippen LogP contribution is 2.44. The summed E-state index contributed by atoms with van der Waals surface area (Å²) >= 11 is 0. The molecule has 126 valence electrons. The summed E-state index contributed by atoms with van der Waals surface area (Å²) in [5.41, 5.74) is 2.87. The second-order valence-corrected chi connectivity index (χ2v) is 6.72. The molecule has 1 N–H and O–H groups in total. The average molecular weight is 335 g/mol. The molecule has 6 nitrogen and oxygen atoms in total. The zero-order chi connectivity index (χ0) is 17.0. The molecule has 0 saturated carbocycles. The molecule has 1 saturated heterocycles. The van der Waals surface area contributed by atoms with E-state index in [1.807, 2.05) is 12.2 Å². The fourth-order valence-corrected chi connectivity index (χ4v) is 4.25. The van der Waals surface area contributed by atoms with Gasteiger partial charge in [-0.2, -0.15) is 0 Å². The summed E-state index contributed by atoms with van der Waals surface area (Å²) in [5.74, 6) is 0.568. The fraction of sp³-hybridized carbons (Fsp3) is 0.316. The van der Waals surface area contributed by atoms with Crippen LogP contribution in [0.3, 0.4) is 0 Å². The number of hydrogen-bond acceptors (Lipinski definition) is 4. The topological polar surface area (TPSA) is 74.9 Å². The number of aliphatic imine (C=N–C) groups is 1. The van der Waals surface area contributed by atoms with Crippen molar-refractivity contribution in [1.29, 1.82) is 0 Å². The third-order valence-electron chi connectivity index (χ3n) is 5.35. The molecule has 1 fully saturated rings. The van der Waals surface area contributed by atoms with Gasteiger partial charge in [0.15, 0.2) is 5.76 Å². The van der Waals surface area contributed by atoms with Crippen LogP contribution in [-0.2, 0) is 4.79 Å². The maximum Gasteiger partial charge on any atom is 0.287 e. The number of fused-ring (bicyclic) bond motifs is 4. The van der Waals surface area contributed by atoms with Gasteiger partial charge in [-0.05, 0) is 24.6 Å². The molecule has 4 heterocycles. The Bertz CT molecular complexity index is 876. The average Bonchev–Trinajstić information content (AvgIpc) is 3.32. The number of carbonyl (C=O) groups excluding carboxylic acids is 2. The van der Waals surface area contributed by atoms with Crippen LogP contribution in [0.2, 0.25) is 0 Å². The van der Waals surface area contributed by atoms with E-state index in [9.17, 15) is 9.59 Å². The summed E-state index contributed by atoms with van der Waals surface area (Å²) in [6.07, 6.45) is 10.9. The first kappa shape index (κ1) is 14.5. The van der Waals surface area contributed by atoms with E-state index in [2.05, 4.69) is 17.5 Å². The van der Waals surface area contributed by atoms with Gasteiger partial charge in [0.1, 0.15) is 0 Å². The number of nitrogens with zero attached hydrogens (tertiary/aromatic N) is 2. The second-order valence-electron chi connectivity index (χ2n) is 6.72. The Kier molecular flexibility index (Phi) is 3.07. The molecule has 1 aliphatic carbocycles. The van der Waals surface area contributed by atoms with Crippen LogP contribution in [0.4, 0.5) is 0 Å². The van der Waals surface area contributed by atoms with Crippen LogP contribution in [0.1, 0.15) is 23.4 Å². The SMILES string of the molecule is O=C(NC1CC(=O)N2CCC3C(=C12)N=C1C=CC=CC13)c1ccco1. The molecule has 5 rings (SSSR count). The summed E-state index contributed by atoms with van der Waals surface area (Å²) in [5, 5.41) is 2.95. The summed E-state index contributed by atoms with van der Waals surface area (Å²) in [4.78, 5) is 31.4. The van der Waals surface area contributed by atoms with Crippen molar-refractivity contribution in [3.05, 3.63) is 59.9 Å². The smallest absolute Gasteiger partial charge is 0.287 e. The molecule has 3 aliphatic heterocycles. The number of carbonyl (C=O) groups is 2. The maximum atomic E-state index is 12.4. The molecule has 0 spiro atoms. The summed E-state index contributed by atoms with van der Waals surface area (Å²) in [7, 11) is 0. The lowest BCUT2D eigenvalue weighted by Crippen LogP contribution is -2.39. The van der Waals surface area contributed by atoms with Crippen LogP contribution in [0.15, 0.2) is 63.5 Å². The van der Waals surface area contributed by atoms with Gasteiger partial charge in [-0.1, -0.05) is 18.2 Å². The van der Waals surface area contributed by atoms with Gasteiger partial charge in [-0.15, -0.1) is 0 Å². The Morgan fingerprint density at radius 1 is 1.36 bits per heavy atom. The summed E-state index contributed by atoms with van der Waals surface area (Å²) in [6.45, 7) is 0.687. The standard InChI is InChI=1S/C19H17N3O3/c23-16-10-14(21-19(24)15-6-3-9-25-15)18-17-12(7-8-22(16)18)11-4-1-2-5-13(11)20-17/h1-6,9,11-12,14H,7-8,10H2,(H,21,24). The van der Waals surface area contributed by atoms with E-state index in [0.29, 0.717) is 6.54 Å². The predicted molar refractivity (Wildman–Crippen MR) is 90.6 cm³/mol. The van der Waals surface area contributed by atoms with Crippen LogP contribution in [0, 0.1) is 11.8 Å². The van der Waals surface area contributed by atoms with Gasteiger partial charge < -0.3 is 14.6 Å². The lowest BCUT2D eigenvalue weighted by atomic mass is 9.82. The highest BCUT2D eigenvalue weighted by molar-refractivity contribution is 6.02. The Hall–Kier alpha value is -2.89. The highest BCUT2D eigenvalue weighted by Gasteiger charge is 2.46. The van der Waals surface area contributed by atoms with Crippen molar-refractivity contribution in [1.82, 2.24) is 10.2 Å². The van der Waals surface area contributed by atoms with E-state index in [1.165, 1.54) is 6.26 Å². The minimum absolute atomic E-state index is 0.0480. The molecule has 1 aromatic rings. The summed E-state index contributed by atoms with van der Waals surface area (Å²) < 4.78 is 5.16. The molecule has 0 bridgehead atoms. The minimum atomic E-state index is -0.347. The molecule has 0 radical (unpaired) electrons. The zero-order valence-corrected chi connectivity index (χ0v) is 13.5. The molecule has 0 aromatic carbocycles. The molecule has 1 aromatic heterocycles. The Balaban J connectivity index is 1.52. The van der Waals surface area contributed by atoms with Crippen molar-refractivity contribution in [3.8, 4) is 0 Å². The van der Waals surface area contributed by atoms with Crippen LogP contribution in [0.5, 0.6) is 0 Å². The maximum absolute atomic E-state index is 12.4. The predicted octanol–water partition coefficient (Wildman–Crippen LogP) is 2.04. The first-order chi connectivity index (χ1) is 12.2. The molecule has 25 heavy (non-hydrogen) atoms. The fourth-order valence-electron chi connectivity index (χ4n) is 4.25. The normalized spacial score (nSPS) is 29.4. The van der Waals surface area contributed by atoms with Crippen LogP contribution in [0.25, 0.3) is 0 Å². The van der Waals surface area contributed by atoms with E-state index in [-0.39, 0.29) is 41.9 Å². The zero-order valence-electron chi connectivity index (χ0n) is 13.5. The van der Waals surface area contributed by atoms with E-state index in [1.54, 1.807) is 17.0 Å². The van der Waals surface area contributed by atoms with Gasteiger partial charge in [0, 0.05) is 24.1 Å². The van der Waals surface area contributed by atoms with Crippen LogP contribution in [-0.4, -0.2) is 35.0 Å². The lowest BCUT2D eigenvalue weighted by molar-refractivity contribution is -0.127. The number of amides is 2. The Labute approximate surface area is 144 Å². The first-order valence-electron chi connectivity index (χ1n) is 8.54. The second kappa shape index (κ2) is 5.31. The number of hydrogen-bond donors (Lipinski definition) is 1. The van der Waals surface area contributed by atoms with E-state index in [0.717, 1.165) is 23.5 Å². The van der Waals surface area contributed by atoms with Crippen molar-refractivity contribution >= 4 is 17.5 Å². The van der Waals surface area contributed by atoms with Crippen molar-refractivity contribution in [3.63, 3.8) is 0 Å². The van der Waals surface area contributed by atoms with Gasteiger partial charge in [0.05, 0.1) is 30.1 Å². The van der Waals surface area contributed by atoms with Crippen molar-refractivity contribution in [2.75, 3.05) is 6.54 Å². The van der Waals surface area contributed by atoms with Crippen molar-refractivity contribution in [2.45, 2.75) is 18.9 Å². The van der Waals surface area contributed by atoms with Crippen LogP contribution >= 0.6 is 0 Å². The van der Waals surface area contributed by atoms with Gasteiger partial charge in [-0.3, -0.25) is 14.6 Å². The molecule has 6 heteroatoms. The van der Waals surface area contributed by atoms with E-state index >= 15 is 0 Å². The highest BCUT2D eigenvalue weighted by atomic mass is 16.3. The van der Waals surface area contributed by atoms with Crippen molar-refractivity contribution < 1.29 is 14.0 Å². The van der Waals surface area contributed by atoms with E-state index in [4.69, 9.17) is 9.41 Å². The Morgan fingerprint density at radius 3 is 3.12 bits per heavy atom. The molecular formula is C19H17N3O3.